The minimum atomic E-state index is -0.201. The largest absolute Gasteiger partial charge is 2.00 e. The second-order valence-electron chi connectivity index (χ2n) is 16.3. The van der Waals surface area contributed by atoms with Crippen molar-refractivity contribution >= 4 is 43.9 Å². The maximum absolute atomic E-state index is 5.70. The van der Waals surface area contributed by atoms with Crippen molar-refractivity contribution in [2.24, 2.45) is 0 Å². The fourth-order valence-electron chi connectivity index (χ4n) is 8.03. The van der Waals surface area contributed by atoms with Crippen LogP contribution in [0.5, 0.6) is 0 Å². The van der Waals surface area contributed by atoms with E-state index >= 15 is 0 Å². The van der Waals surface area contributed by atoms with E-state index in [1.807, 2.05) is 12.3 Å². The van der Waals surface area contributed by atoms with Gasteiger partial charge in [0, 0.05) is 33.3 Å². The van der Waals surface area contributed by atoms with Crippen molar-refractivity contribution in [2.45, 2.75) is 59.3 Å². The monoisotopic (exact) mass is 881 g/mol. The summed E-state index contributed by atoms with van der Waals surface area (Å²) < 4.78 is 4.61. The van der Waals surface area contributed by atoms with Crippen LogP contribution in [0.4, 0.5) is 0 Å². The van der Waals surface area contributed by atoms with Crippen LogP contribution >= 0.6 is 0 Å². The molecule has 0 radical (unpaired) electrons. The molecule has 9 rings (SSSR count). The summed E-state index contributed by atoms with van der Waals surface area (Å²) >= 11 is 0. The second-order valence-corrected chi connectivity index (χ2v) is 16.3. The molecule has 268 valence electrons. The van der Waals surface area contributed by atoms with Gasteiger partial charge in [-0.3, -0.25) is 0 Å². The van der Waals surface area contributed by atoms with Crippen molar-refractivity contribution in [1.82, 2.24) is 19.1 Å². The Labute approximate surface area is 331 Å². The summed E-state index contributed by atoms with van der Waals surface area (Å²) in [4.78, 5) is 10.7. The van der Waals surface area contributed by atoms with E-state index in [1.54, 1.807) is 0 Å². The maximum Gasteiger partial charge on any atom is 2.00 e. The van der Waals surface area contributed by atoms with Crippen LogP contribution in [-0.4, -0.2) is 19.1 Å². The maximum atomic E-state index is 5.70. The summed E-state index contributed by atoms with van der Waals surface area (Å²) in [6.07, 6.45) is 1.99. The first-order chi connectivity index (χ1) is 25.5. The van der Waals surface area contributed by atoms with E-state index in [1.165, 1.54) is 43.8 Å². The molecular formula is C49H42N4Pt. The predicted molar refractivity (Wildman–Crippen MR) is 221 cm³/mol. The van der Waals surface area contributed by atoms with Crippen molar-refractivity contribution in [3.05, 3.63) is 156 Å². The molecule has 0 spiro atoms. The molecule has 4 aromatic heterocycles. The van der Waals surface area contributed by atoms with Crippen LogP contribution in [0.15, 0.2) is 128 Å². The van der Waals surface area contributed by atoms with E-state index in [0.717, 1.165) is 50.5 Å². The summed E-state index contributed by atoms with van der Waals surface area (Å²) in [5.41, 5.74) is 13.6. The Balaban J connectivity index is 0.00000413. The van der Waals surface area contributed by atoms with Gasteiger partial charge in [0.15, 0.2) is 0 Å². The summed E-state index contributed by atoms with van der Waals surface area (Å²) in [5.74, 6) is 0. The Morgan fingerprint density at radius 2 is 1.22 bits per heavy atom. The van der Waals surface area contributed by atoms with Gasteiger partial charge in [0.2, 0.25) is 0 Å². The summed E-state index contributed by atoms with van der Waals surface area (Å²) in [5, 5.41) is 4.74. The van der Waals surface area contributed by atoms with Crippen LogP contribution in [0.2, 0.25) is 0 Å². The van der Waals surface area contributed by atoms with Gasteiger partial charge in [0.25, 0.3) is 0 Å². The van der Waals surface area contributed by atoms with Gasteiger partial charge in [-0.15, -0.1) is 35.9 Å². The molecular weight excluding hydrogens is 840 g/mol. The van der Waals surface area contributed by atoms with E-state index in [4.69, 9.17) is 9.97 Å². The van der Waals surface area contributed by atoms with Crippen molar-refractivity contribution in [3.63, 3.8) is 0 Å². The van der Waals surface area contributed by atoms with Crippen LogP contribution in [0.25, 0.3) is 77.6 Å². The third-order valence-corrected chi connectivity index (χ3v) is 10.5. The number of para-hydroxylation sites is 2. The number of aryl methyl sites for hydroxylation is 1. The molecule has 0 N–H and O–H groups in total. The molecule has 54 heavy (non-hydrogen) atoms. The summed E-state index contributed by atoms with van der Waals surface area (Å²) in [6.45, 7) is 15.9. The number of hydrogen-bond acceptors (Lipinski definition) is 2. The average molecular weight is 882 g/mol. The van der Waals surface area contributed by atoms with Gasteiger partial charge in [-0.1, -0.05) is 120 Å². The summed E-state index contributed by atoms with van der Waals surface area (Å²) in [7, 11) is 0. The first-order valence-corrected chi connectivity index (χ1v) is 18.4. The third-order valence-electron chi connectivity index (χ3n) is 10.5. The molecule has 0 saturated heterocycles. The van der Waals surface area contributed by atoms with Crippen molar-refractivity contribution in [3.8, 4) is 33.8 Å². The summed E-state index contributed by atoms with van der Waals surface area (Å²) in [6, 6.07) is 50.3. The number of aromatic nitrogens is 4. The van der Waals surface area contributed by atoms with Gasteiger partial charge in [-0.2, -0.15) is 23.8 Å². The number of fused-ring (bicyclic) bond motifs is 6. The SMILES string of the molecule is Cc1cc(-c2[c-]c(-n3c4ccccc4c4c(C(C)(C)C)c5c6ccccc6n(-c6[c-]ccc(C(C)(C)C)c6)c5nc43)ccc2)ncc1-c1ccccc1.[Pt+2]. The molecule has 9 aromatic rings. The number of pyridine rings is 2. The Bertz CT molecular complexity index is 2860. The van der Waals surface area contributed by atoms with Gasteiger partial charge < -0.3 is 14.1 Å². The second kappa shape index (κ2) is 13.2. The molecule has 0 amide bonds. The molecule has 0 fully saturated rings. The molecule has 4 nitrogen and oxygen atoms in total. The zero-order valence-electron chi connectivity index (χ0n) is 31.7. The van der Waals surface area contributed by atoms with E-state index in [2.05, 4.69) is 185 Å². The standard InChI is InChI=1S/C49H42N4.Pt/c1-31-27-40(50-30-39(31)32-17-9-8-10-18-32)33-19-15-21-35(28-33)52-41-25-13-11-23-37(41)43-45(49(5,6)7)44-38-24-12-14-26-42(38)53(47(44)51-46(43)52)36-22-16-20-34(29-36)48(2,3)4;/h8-21,23-27,29-30H,1-7H3;/q-2;+2. The van der Waals surface area contributed by atoms with Crippen molar-refractivity contribution < 1.29 is 21.1 Å². The molecule has 0 aliphatic rings. The van der Waals surface area contributed by atoms with E-state index < -0.39 is 0 Å². The number of hydrogen-bond donors (Lipinski definition) is 0. The number of rotatable bonds is 4. The van der Waals surface area contributed by atoms with Crippen LogP contribution in [0.3, 0.4) is 0 Å². The van der Waals surface area contributed by atoms with Crippen LogP contribution < -0.4 is 0 Å². The van der Waals surface area contributed by atoms with E-state index in [-0.39, 0.29) is 31.9 Å². The number of nitrogens with zero attached hydrogens (tertiary/aromatic N) is 4. The van der Waals surface area contributed by atoms with Crippen molar-refractivity contribution in [1.29, 1.82) is 0 Å². The molecule has 0 bridgehead atoms. The molecule has 4 heterocycles. The molecule has 0 aliphatic carbocycles. The molecule has 0 unspecified atom stereocenters. The molecule has 0 aliphatic heterocycles. The molecule has 0 saturated carbocycles. The Hall–Kier alpha value is -5.31. The van der Waals surface area contributed by atoms with Crippen molar-refractivity contribution in [2.75, 3.05) is 0 Å². The fourth-order valence-corrected chi connectivity index (χ4v) is 8.03. The third kappa shape index (κ3) is 5.79. The van der Waals surface area contributed by atoms with Gasteiger partial charge in [-0.05, 0) is 58.0 Å². The zero-order valence-corrected chi connectivity index (χ0v) is 34.0. The number of benzene rings is 5. The molecule has 5 heteroatoms. The minimum absolute atomic E-state index is 0. The predicted octanol–water partition coefficient (Wildman–Crippen LogP) is 12.5. The van der Waals surface area contributed by atoms with Crippen LogP contribution in [-0.2, 0) is 31.9 Å². The smallest absolute Gasteiger partial charge is 0.318 e. The fraction of sp³-hybridized carbons (Fsp3) is 0.184. The van der Waals surface area contributed by atoms with Gasteiger partial charge in [0.05, 0.1) is 11.0 Å². The molecule has 0 atom stereocenters. The normalized spacial score (nSPS) is 12.2. The topological polar surface area (TPSA) is 35.6 Å². The Morgan fingerprint density at radius 1 is 0.611 bits per heavy atom. The first kappa shape index (κ1) is 35.7. The zero-order chi connectivity index (χ0) is 36.6. The van der Waals surface area contributed by atoms with Gasteiger partial charge >= 0.3 is 21.1 Å². The van der Waals surface area contributed by atoms with Gasteiger partial charge in [0.1, 0.15) is 11.3 Å². The average Bonchev–Trinajstić information content (AvgIpc) is 3.66. The van der Waals surface area contributed by atoms with E-state index in [0.29, 0.717) is 0 Å². The molecule has 5 aromatic carbocycles. The van der Waals surface area contributed by atoms with Crippen LogP contribution in [0.1, 0.15) is 58.2 Å². The Morgan fingerprint density at radius 3 is 1.83 bits per heavy atom. The Kier molecular flexibility index (Phi) is 8.74. The van der Waals surface area contributed by atoms with Crippen LogP contribution in [0, 0.1) is 19.1 Å². The first-order valence-electron chi connectivity index (χ1n) is 18.4. The minimum Gasteiger partial charge on any atom is -0.318 e. The van der Waals surface area contributed by atoms with E-state index in [9.17, 15) is 0 Å². The van der Waals surface area contributed by atoms with Gasteiger partial charge in [-0.25, -0.2) is 4.98 Å². The quantitative estimate of drug-likeness (QED) is 0.165.